The number of carbonyl (C=O) groups excluding carboxylic acids is 5. The fourth-order valence-electron chi connectivity index (χ4n) is 5.79. The van der Waals surface area contributed by atoms with Gasteiger partial charge in [-0.25, -0.2) is 0 Å². The Morgan fingerprint density at radius 3 is 1.01 bits per heavy atom. The number of carbonyl (C=O) groups is 5. The van der Waals surface area contributed by atoms with Gasteiger partial charge in [-0.3, -0.25) is 19.2 Å². The average Bonchev–Trinajstić information content (AvgIpc) is 3.24. The zero-order valence-corrected chi connectivity index (χ0v) is 54.2. The van der Waals surface area contributed by atoms with Crippen LogP contribution in [-0.2, 0) is 65.1 Å². The highest BCUT2D eigenvalue weighted by atomic mass is 28.4. The Bertz CT molecular complexity index is 1260. The Labute approximate surface area is 434 Å². The minimum atomic E-state index is -1.73. The Morgan fingerprint density at radius 1 is 0.443 bits per heavy atom. The molecule has 16 nitrogen and oxygen atoms in total. The molecule has 0 aromatic carbocycles. The molecule has 422 valence electrons. The molecule has 0 amide bonds. The van der Waals surface area contributed by atoms with Crippen molar-refractivity contribution in [2.24, 2.45) is 23.3 Å². The van der Waals surface area contributed by atoms with Crippen molar-refractivity contribution in [2.75, 3.05) is 81.7 Å². The smallest absolute Gasteiger partial charge is 0.302 e. The van der Waals surface area contributed by atoms with E-state index >= 15 is 0 Å². The summed E-state index contributed by atoms with van der Waals surface area (Å²) >= 11 is 0. The molecular formula is C49H112N2O14Si5. The lowest BCUT2D eigenvalue weighted by Gasteiger charge is -2.34. The molecule has 2 unspecified atom stereocenters. The largest absolute Gasteiger partial charge is 0.466 e. The quantitative estimate of drug-likeness (QED) is 0.0277. The van der Waals surface area contributed by atoms with Crippen LogP contribution in [0, 0.1) is 11.8 Å². The fourth-order valence-corrected chi connectivity index (χ4v) is 18.3. The standard InChI is InChI=1S/C14H30O5Si2.C8H18O3Si.C8H18O2Si.C7H17NO.C6H17NOSi.C6H12O2/c1-13(15)17-9-7-11-20(3,4)19-21(5,6)12-8-10-18-14(2)16;1-8(9)11-6-5-7-12(3,4)10-2;1-8(9)6-5-7-11(3,4)10-2;1-7(6-9-2)4-3-5-8;1-8-9(2,3)6-4-5-7;1-5(4-8-3)6(2)7/h7-12H2,1-6H3;5-7H2,1-4H3;5-7H2,1-4H3;7H,3-6,8H2,1-2H3;4-7H2,1-3H3;5H,4H2,1-3H3. The first-order chi connectivity index (χ1) is 32.1. The van der Waals surface area contributed by atoms with Gasteiger partial charge in [-0.1, -0.05) is 13.8 Å². The van der Waals surface area contributed by atoms with Crippen molar-refractivity contribution >= 4 is 71.1 Å². The van der Waals surface area contributed by atoms with Crippen LogP contribution in [-0.4, -0.2) is 153 Å². The van der Waals surface area contributed by atoms with Gasteiger partial charge < -0.3 is 57.3 Å². The molecule has 0 aliphatic heterocycles. The molecule has 0 saturated carbocycles. The second-order valence-corrected chi connectivity index (χ2v) is 42.9. The summed E-state index contributed by atoms with van der Waals surface area (Å²) < 4.78 is 46.9. The highest BCUT2D eigenvalue weighted by Crippen LogP contribution is 2.24. The van der Waals surface area contributed by atoms with Gasteiger partial charge in [0.2, 0.25) is 0 Å². The summed E-state index contributed by atoms with van der Waals surface area (Å²) in [5, 5.41) is 0. The molecule has 0 saturated heterocycles. The first kappa shape index (κ1) is 79.9. The second kappa shape index (κ2) is 48.5. The Kier molecular flexibility index (Phi) is 55.3. The molecule has 21 heteroatoms. The third-order valence-electron chi connectivity index (χ3n) is 10.6. The van der Waals surface area contributed by atoms with Crippen molar-refractivity contribution in [1.29, 1.82) is 0 Å². The number of hydrogen-bond donors (Lipinski definition) is 2. The molecule has 0 aromatic rings. The predicted molar refractivity (Wildman–Crippen MR) is 302 cm³/mol. The summed E-state index contributed by atoms with van der Waals surface area (Å²) in [7, 11) is 1.06. The number of ether oxygens (including phenoxy) is 5. The van der Waals surface area contributed by atoms with E-state index in [1.54, 1.807) is 49.4 Å². The van der Waals surface area contributed by atoms with Crippen LogP contribution >= 0.6 is 0 Å². The maximum absolute atomic E-state index is 10.7. The zero-order valence-electron chi connectivity index (χ0n) is 49.2. The molecule has 2 atom stereocenters. The first-order valence-electron chi connectivity index (χ1n) is 25.2. The van der Waals surface area contributed by atoms with Gasteiger partial charge in [-0.05, 0) is 173 Å². The number of esters is 3. The molecule has 0 aliphatic carbocycles. The molecule has 4 N–H and O–H groups in total. The molecule has 0 rings (SSSR count). The summed E-state index contributed by atoms with van der Waals surface area (Å²) in [6.45, 7) is 37.9. The van der Waals surface area contributed by atoms with Crippen LogP contribution in [0.15, 0.2) is 0 Å². The maximum Gasteiger partial charge on any atom is 0.302 e. The van der Waals surface area contributed by atoms with Crippen molar-refractivity contribution in [3.8, 4) is 0 Å². The number of ketones is 2. The highest BCUT2D eigenvalue weighted by molar-refractivity contribution is 6.84. The van der Waals surface area contributed by atoms with Gasteiger partial charge in [0.1, 0.15) is 11.6 Å². The van der Waals surface area contributed by atoms with Crippen molar-refractivity contribution < 1.29 is 65.1 Å². The summed E-state index contributed by atoms with van der Waals surface area (Å²) in [5.74, 6) is 0.536. The summed E-state index contributed by atoms with van der Waals surface area (Å²) in [6, 6.07) is 5.28. The van der Waals surface area contributed by atoms with Gasteiger partial charge in [-0.2, -0.15) is 0 Å². The maximum atomic E-state index is 10.7. The lowest BCUT2D eigenvalue weighted by Crippen LogP contribution is -2.44. The molecule has 0 aliphatic rings. The lowest BCUT2D eigenvalue weighted by molar-refractivity contribution is -0.141. The van der Waals surface area contributed by atoms with Crippen LogP contribution in [0.1, 0.15) is 99.8 Å². The highest BCUT2D eigenvalue weighted by Gasteiger charge is 2.32. The Morgan fingerprint density at radius 2 is 0.757 bits per heavy atom. The SMILES string of the molecule is CC(=O)OCCC[Si](C)(C)O[Si](C)(C)CCCOC(C)=O.COCC(C)C(C)=O.COCC(C)CCCN.CO[Si](C)(C)CCCC(C)=O.CO[Si](C)(C)CCCN.CO[Si](C)(C)CCCOC(C)=O. The number of hydrogen-bond acceptors (Lipinski definition) is 16. The van der Waals surface area contributed by atoms with Crippen molar-refractivity contribution in [2.45, 2.75) is 196 Å². The minimum absolute atomic E-state index is 0.0556. The van der Waals surface area contributed by atoms with E-state index in [4.69, 9.17) is 52.5 Å². The summed E-state index contributed by atoms with van der Waals surface area (Å²) in [5.41, 5.74) is 10.7. The minimum Gasteiger partial charge on any atom is -0.466 e. The van der Waals surface area contributed by atoms with E-state index in [9.17, 15) is 24.0 Å². The van der Waals surface area contributed by atoms with Crippen molar-refractivity contribution in [3.05, 3.63) is 0 Å². The Balaban J connectivity index is -0.000000183. The van der Waals surface area contributed by atoms with Crippen molar-refractivity contribution in [1.82, 2.24) is 0 Å². The normalized spacial score (nSPS) is 12.2. The number of methoxy groups -OCH3 is 2. The molecule has 0 fully saturated rings. The van der Waals surface area contributed by atoms with E-state index in [1.165, 1.54) is 33.2 Å². The van der Waals surface area contributed by atoms with E-state index in [1.807, 2.05) is 6.92 Å². The molecule has 0 heterocycles. The van der Waals surface area contributed by atoms with E-state index in [2.05, 4.69) is 72.4 Å². The van der Waals surface area contributed by atoms with E-state index < -0.39 is 41.6 Å². The summed E-state index contributed by atoms with van der Waals surface area (Å²) in [6.07, 6.45) is 7.73. The van der Waals surface area contributed by atoms with Crippen molar-refractivity contribution in [3.63, 3.8) is 0 Å². The predicted octanol–water partition coefficient (Wildman–Crippen LogP) is 10.4. The first-order valence-corrected chi connectivity index (χ1v) is 40.8. The monoisotopic (exact) mass is 1090 g/mol. The van der Waals surface area contributed by atoms with Crippen LogP contribution in [0.5, 0.6) is 0 Å². The van der Waals surface area contributed by atoms with Gasteiger partial charge in [0.05, 0.1) is 26.4 Å². The van der Waals surface area contributed by atoms with Crippen LogP contribution in [0.25, 0.3) is 0 Å². The van der Waals surface area contributed by atoms with Crippen LogP contribution in [0.4, 0.5) is 0 Å². The van der Waals surface area contributed by atoms with Gasteiger partial charge in [0.15, 0.2) is 41.6 Å². The van der Waals surface area contributed by atoms with Gasteiger partial charge >= 0.3 is 17.9 Å². The van der Waals surface area contributed by atoms with Gasteiger partial charge in [0.25, 0.3) is 0 Å². The molecule has 0 bridgehead atoms. The number of nitrogens with two attached hydrogens (primary N) is 2. The average molecular weight is 1090 g/mol. The zero-order chi connectivity index (χ0) is 56.0. The Hall–Kier alpha value is -1.49. The number of rotatable bonds is 32. The second-order valence-electron chi connectivity index (χ2n) is 20.7. The van der Waals surface area contributed by atoms with E-state index in [-0.39, 0.29) is 35.4 Å². The topological polar surface area (TPSA) is 220 Å². The van der Waals surface area contributed by atoms with E-state index in [0.717, 1.165) is 82.4 Å². The van der Waals surface area contributed by atoms with Crippen LogP contribution < -0.4 is 11.5 Å². The van der Waals surface area contributed by atoms with Gasteiger partial charge in [-0.15, -0.1) is 0 Å². The molecular weight excluding hydrogens is 981 g/mol. The molecule has 0 aromatic heterocycles. The van der Waals surface area contributed by atoms with Crippen LogP contribution in [0.2, 0.25) is 95.7 Å². The number of Topliss-reactive ketones (excluding diaryl/α,β-unsaturated/α-hetero) is 2. The van der Waals surface area contributed by atoms with Crippen LogP contribution in [0.3, 0.4) is 0 Å². The fraction of sp³-hybridized carbons (Fsp3) is 0.898. The van der Waals surface area contributed by atoms with E-state index in [0.29, 0.717) is 38.8 Å². The summed E-state index contributed by atoms with van der Waals surface area (Å²) in [4.78, 5) is 52.9. The third-order valence-corrected chi connectivity index (χ3v) is 26.2. The lowest BCUT2D eigenvalue weighted by atomic mass is 10.1. The molecule has 0 spiro atoms. The molecule has 70 heavy (non-hydrogen) atoms. The van der Waals surface area contributed by atoms with Gasteiger partial charge in [0, 0.05) is 75.3 Å². The third kappa shape index (κ3) is 70.8. The molecule has 0 radical (unpaired) electrons.